The van der Waals surface area contributed by atoms with Crippen LogP contribution in [-0.4, -0.2) is 65.1 Å². The fourth-order valence-electron chi connectivity index (χ4n) is 8.69. The van der Waals surface area contributed by atoms with E-state index in [4.69, 9.17) is 4.74 Å². The zero-order chi connectivity index (χ0) is 58.2. The van der Waals surface area contributed by atoms with Crippen molar-refractivity contribution in [3.05, 3.63) is 189 Å². The van der Waals surface area contributed by atoms with E-state index in [1.54, 1.807) is 58.0 Å². The number of hydrogen-bond donors (Lipinski definition) is 4. The molecule has 6 aromatic carbocycles. The summed E-state index contributed by atoms with van der Waals surface area (Å²) in [4.78, 5) is 70.1. The van der Waals surface area contributed by atoms with Gasteiger partial charge in [0.25, 0.3) is 11.8 Å². The highest BCUT2D eigenvalue weighted by Crippen LogP contribution is 2.42. The summed E-state index contributed by atoms with van der Waals surface area (Å²) in [5.74, 6) is -6.52. The summed E-state index contributed by atoms with van der Waals surface area (Å²) in [5, 5.41) is 9.92. The number of amides is 6. The van der Waals surface area contributed by atoms with Gasteiger partial charge in [0, 0.05) is 51.0 Å². The number of aromatic nitrogens is 4. The minimum absolute atomic E-state index is 0.0266. The number of para-hydroxylation sites is 2. The summed E-state index contributed by atoms with van der Waals surface area (Å²) < 4.78 is 118. The van der Waals surface area contributed by atoms with Crippen LogP contribution in [0.3, 0.4) is 0 Å². The molecule has 0 aliphatic carbocycles. The highest BCUT2D eigenvalue weighted by atomic mass is 32.2. The van der Waals surface area contributed by atoms with Gasteiger partial charge in [0.05, 0.1) is 31.1 Å². The molecule has 24 heteroatoms. The normalized spacial score (nSPS) is 12.8. The van der Waals surface area contributed by atoms with Crippen molar-refractivity contribution in [2.45, 2.75) is 52.9 Å². The number of carbonyl (C=O) groups is 4. The van der Waals surface area contributed by atoms with Gasteiger partial charge in [0.15, 0.2) is 11.6 Å². The Labute approximate surface area is 459 Å². The van der Waals surface area contributed by atoms with E-state index in [2.05, 4.69) is 41.2 Å². The molecule has 81 heavy (non-hydrogen) atoms. The van der Waals surface area contributed by atoms with Gasteiger partial charge >= 0.3 is 18.1 Å². The first-order valence-corrected chi connectivity index (χ1v) is 26.5. The third-order valence-electron chi connectivity index (χ3n) is 12.9. The number of fused-ring (bicyclic) bond motifs is 2. The van der Waals surface area contributed by atoms with Crippen molar-refractivity contribution < 1.29 is 58.7 Å². The zero-order valence-electron chi connectivity index (χ0n) is 43.7. The Morgan fingerprint density at radius 1 is 0.556 bits per heavy atom. The third-order valence-corrected chi connectivity index (χ3v) is 13.7. The molecule has 8 aromatic rings. The van der Waals surface area contributed by atoms with Crippen molar-refractivity contribution >= 4 is 68.1 Å². The lowest BCUT2D eigenvalue weighted by atomic mass is 9.99. The summed E-state index contributed by atoms with van der Waals surface area (Å²) in [6.45, 7) is 8.41. The molecule has 4 N–H and O–H groups in total. The van der Waals surface area contributed by atoms with Gasteiger partial charge in [0.1, 0.15) is 46.3 Å². The van der Waals surface area contributed by atoms with E-state index < -0.39 is 85.1 Å². The summed E-state index contributed by atoms with van der Waals surface area (Å²) in [7, 11) is -4.07. The molecule has 0 saturated heterocycles. The van der Waals surface area contributed by atoms with Crippen LogP contribution in [0.5, 0.6) is 6.01 Å². The van der Waals surface area contributed by atoms with Crippen molar-refractivity contribution in [1.29, 1.82) is 0 Å². The van der Waals surface area contributed by atoms with E-state index in [9.17, 15) is 53.9 Å². The van der Waals surface area contributed by atoms with E-state index in [0.717, 1.165) is 59.2 Å². The Morgan fingerprint density at radius 3 is 1.37 bits per heavy atom. The summed E-state index contributed by atoms with van der Waals surface area (Å²) >= 11 is 0. The largest absolute Gasteiger partial charge is 0.464 e. The molecule has 0 spiro atoms. The van der Waals surface area contributed by atoms with E-state index >= 15 is 0 Å². The first-order valence-electron chi connectivity index (χ1n) is 24.6. The van der Waals surface area contributed by atoms with E-state index in [0.29, 0.717) is 49.7 Å². The van der Waals surface area contributed by atoms with Crippen LogP contribution in [0.2, 0.25) is 0 Å². The minimum Gasteiger partial charge on any atom is -0.464 e. The molecule has 10 rings (SSSR count). The molecule has 2 aliphatic heterocycles. The highest BCUT2D eigenvalue weighted by Gasteiger charge is 2.37. The number of anilines is 6. The third kappa shape index (κ3) is 11.4. The van der Waals surface area contributed by atoms with E-state index in [1.165, 1.54) is 36.4 Å². The summed E-state index contributed by atoms with van der Waals surface area (Å²) in [6, 6.07) is 22.6. The number of nitrogens with zero attached hydrogens (tertiary/aromatic N) is 6. The smallest absolute Gasteiger partial charge is 0.328 e. The van der Waals surface area contributed by atoms with Gasteiger partial charge in [-0.2, -0.15) is 15.0 Å². The number of benzene rings is 6. The molecular weight excluding hydrogens is 1080 g/mol. The van der Waals surface area contributed by atoms with Gasteiger partial charge in [-0.15, -0.1) is 0 Å². The number of hydrogen-bond acceptors (Lipinski definition) is 11. The van der Waals surface area contributed by atoms with Gasteiger partial charge in [-0.25, -0.2) is 59.1 Å². The van der Waals surface area contributed by atoms with Crippen molar-refractivity contribution in [3.63, 3.8) is 0 Å². The van der Waals surface area contributed by atoms with E-state index in [1.807, 2.05) is 6.92 Å². The van der Waals surface area contributed by atoms with E-state index in [-0.39, 0.29) is 65.4 Å². The number of halogens is 6. The molecule has 2 aliphatic rings. The fourth-order valence-corrected chi connectivity index (χ4v) is 9.20. The Bertz CT molecular complexity index is 4000. The Balaban J connectivity index is 0.000000196. The second-order valence-corrected chi connectivity index (χ2v) is 20.5. The number of urea groups is 2. The number of carbonyl (C=O) groups excluding carboxylic acids is 4. The Kier molecular flexibility index (Phi) is 15.6. The van der Waals surface area contributed by atoms with Crippen LogP contribution < -0.4 is 35.8 Å². The zero-order valence-corrected chi connectivity index (χ0v) is 44.5. The van der Waals surface area contributed by atoms with Crippen LogP contribution >= 0.6 is 0 Å². The standard InChI is InChI=1S/C29H24F3N5O3.C28H22F3N5O4S/c1-4-40-28-35-24(20-14-33-29(39)37(26(20)36-28)25-21(30)6-5-7-22(25)31)19-13-18(11-9-15(19)2)34-27(38)17-10-8-16(3)23(32)12-17;1-14-8-10-17(33-26(37)16-9-7-15(2)22(31)11-16)12-18(14)23-19-13-32-28(38)36(24-20(29)5-4-6-21(24)30)25(19)35-27(34-23)41(3,39)40/h5-13H,4,14H2,1-3H3,(H,33,39)(H,34,38);4-12H,13H2,1-3H3,(H,32,38)(H,33,37). The minimum atomic E-state index is -4.07. The maximum Gasteiger partial charge on any atom is 0.328 e. The molecule has 2 aromatic heterocycles. The SMILES string of the molecule is CCOc1nc(-c2cc(NC(=O)c3ccc(C)c(F)c3)ccc2C)c2c(n1)N(c1c(F)cccc1F)C(=O)NC2.Cc1ccc(C(=O)Nc2ccc(C)c(-c3nc(S(C)(=O)=O)nc4c3CNC(=O)N4c3c(F)cccc3F)c2)cc1F. The number of nitrogens with one attached hydrogen (secondary N) is 4. The average molecular weight is 1130 g/mol. The van der Waals surface area contributed by atoms with Crippen molar-refractivity contribution in [2.75, 3.05) is 33.3 Å². The van der Waals surface area contributed by atoms with Crippen LogP contribution in [0.15, 0.2) is 114 Å². The lowest BCUT2D eigenvalue weighted by Gasteiger charge is -2.30. The van der Waals surface area contributed by atoms with Gasteiger partial charge in [-0.05, 0) is 130 Å². The molecule has 6 amide bonds. The maximum absolute atomic E-state index is 14.8. The second kappa shape index (κ2) is 22.6. The lowest BCUT2D eigenvalue weighted by Crippen LogP contribution is -2.43. The maximum atomic E-state index is 14.8. The van der Waals surface area contributed by atoms with Crippen LogP contribution in [0.25, 0.3) is 22.5 Å². The molecule has 0 radical (unpaired) electrons. The molecule has 0 fully saturated rings. The molecule has 17 nitrogen and oxygen atoms in total. The quantitative estimate of drug-likeness (QED) is 0.0705. The van der Waals surface area contributed by atoms with Crippen molar-refractivity contribution in [1.82, 2.24) is 30.6 Å². The molecule has 0 saturated carbocycles. The number of aryl methyl sites for hydroxylation is 4. The van der Waals surface area contributed by atoms with Crippen LogP contribution in [0.4, 0.5) is 70.3 Å². The first-order chi connectivity index (χ1) is 38.5. The number of sulfone groups is 1. The van der Waals surface area contributed by atoms with Crippen LogP contribution in [-0.2, 0) is 22.9 Å². The predicted octanol–water partition coefficient (Wildman–Crippen LogP) is 11.4. The second-order valence-electron chi connectivity index (χ2n) is 18.5. The molecule has 0 atom stereocenters. The number of ether oxygens (including phenoxy) is 1. The average Bonchev–Trinajstić information content (AvgIpc) is 3.52. The van der Waals surface area contributed by atoms with Crippen LogP contribution in [0.1, 0.15) is 61.0 Å². The fraction of sp³-hybridized carbons (Fsp3) is 0.158. The molecule has 4 heterocycles. The number of rotatable bonds is 11. The van der Waals surface area contributed by atoms with Gasteiger partial charge in [0.2, 0.25) is 15.0 Å². The molecular formula is C57H46F6N10O7S. The monoisotopic (exact) mass is 1130 g/mol. The van der Waals surface area contributed by atoms with Crippen molar-refractivity contribution in [3.8, 4) is 28.5 Å². The van der Waals surface area contributed by atoms with Crippen LogP contribution in [0, 0.1) is 62.6 Å². The topological polar surface area (TPSA) is 218 Å². The van der Waals surface area contributed by atoms with Gasteiger partial charge < -0.3 is 26.0 Å². The van der Waals surface area contributed by atoms with Gasteiger partial charge in [-0.1, -0.05) is 36.4 Å². The summed E-state index contributed by atoms with van der Waals surface area (Å²) in [5.41, 5.74) is 3.62. The molecule has 0 bridgehead atoms. The summed E-state index contributed by atoms with van der Waals surface area (Å²) in [6.07, 6.45) is 0.861. The highest BCUT2D eigenvalue weighted by molar-refractivity contribution is 7.90. The van der Waals surface area contributed by atoms with Gasteiger partial charge in [-0.3, -0.25) is 9.59 Å². The lowest BCUT2D eigenvalue weighted by molar-refractivity contribution is 0.101. The Morgan fingerprint density at radius 2 is 0.963 bits per heavy atom. The van der Waals surface area contributed by atoms with Crippen molar-refractivity contribution in [2.24, 2.45) is 0 Å². The predicted molar refractivity (Wildman–Crippen MR) is 288 cm³/mol. The Hall–Kier alpha value is -9.71. The molecule has 414 valence electrons. The molecule has 0 unspecified atom stereocenters. The first kappa shape index (κ1) is 56.0.